The van der Waals surface area contributed by atoms with E-state index in [9.17, 15) is 35.2 Å². The molecule has 0 saturated carbocycles. The standard InChI is InChI=1S/C16H17F5N2O6S/c17-14(18)28-10-1-3-11(4-2-10)30(25,26)23-7-8-27-15(9-23)5-6-22-12(15)29-13(24)16(19,20)21/h1-4,12,14,22H,5-9H2. The quantitative estimate of drug-likeness (QED) is 0.526. The summed E-state index contributed by atoms with van der Waals surface area (Å²) in [5.41, 5.74) is -1.50. The molecule has 2 saturated heterocycles. The van der Waals surface area contributed by atoms with Gasteiger partial charge in [0.1, 0.15) is 11.4 Å². The van der Waals surface area contributed by atoms with E-state index in [1.54, 1.807) is 0 Å². The molecule has 2 aliphatic rings. The van der Waals surface area contributed by atoms with Crippen LogP contribution in [0.5, 0.6) is 5.75 Å². The highest BCUT2D eigenvalue weighted by atomic mass is 32.2. The van der Waals surface area contributed by atoms with E-state index in [0.29, 0.717) is 0 Å². The number of morpholine rings is 1. The molecule has 1 aromatic carbocycles. The highest BCUT2D eigenvalue weighted by molar-refractivity contribution is 7.89. The molecule has 3 rings (SSSR count). The largest absolute Gasteiger partial charge is 0.490 e. The van der Waals surface area contributed by atoms with Gasteiger partial charge in [-0.05, 0) is 30.7 Å². The lowest BCUT2D eigenvalue weighted by Gasteiger charge is -2.42. The molecule has 2 atom stereocenters. The van der Waals surface area contributed by atoms with Crippen molar-refractivity contribution in [3.8, 4) is 5.75 Å². The molecule has 2 unspecified atom stereocenters. The summed E-state index contributed by atoms with van der Waals surface area (Å²) in [5, 5.41) is 2.58. The van der Waals surface area contributed by atoms with E-state index in [4.69, 9.17) is 4.74 Å². The van der Waals surface area contributed by atoms with Gasteiger partial charge in [-0.25, -0.2) is 13.2 Å². The van der Waals surface area contributed by atoms with Crippen molar-refractivity contribution in [1.29, 1.82) is 0 Å². The van der Waals surface area contributed by atoms with Crippen LogP contribution in [0.4, 0.5) is 22.0 Å². The number of sulfonamides is 1. The smallest absolute Gasteiger partial charge is 0.437 e. The average Bonchev–Trinajstić information content (AvgIpc) is 3.02. The van der Waals surface area contributed by atoms with Crippen LogP contribution in [0.2, 0.25) is 0 Å². The number of nitrogens with one attached hydrogen (secondary N) is 1. The predicted molar refractivity (Wildman–Crippen MR) is 89.1 cm³/mol. The fourth-order valence-electron chi connectivity index (χ4n) is 3.29. The summed E-state index contributed by atoms with van der Waals surface area (Å²) >= 11 is 0. The topological polar surface area (TPSA) is 94.2 Å². The summed E-state index contributed by atoms with van der Waals surface area (Å²) < 4.78 is 103. The summed E-state index contributed by atoms with van der Waals surface area (Å²) in [4.78, 5) is 11.0. The van der Waals surface area contributed by atoms with Crippen LogP contribution in [0, 0.1) is 0 Å². The molecule has 1 spiro atoms. The second kappa shape index (κ2) is 8.24. The lowest BCUT2D eigenvalue weighted by Crippen LogP contribution is -2.60. The number of rotatable bonds is 5. The Labute approximate surface area is 167 Å². The van der Waals surface area contributed by atoms with Crippen molar-refractivity contribution in [2.24, 2.45) is 0 Å². The minimum absolute atomic E-state index is 0.0979. The van der Waals surface area contributed by atoms with Crippen molar-refractivity contribution in [2.45, 2.75) is 35.9 Å². The lowest BCUT2D eigenvalue weighted by atomic mass is 10.00. The molecule has 0 amide bonds. The number of esters is 1. The minimum atomic E-state index is -5.21. The van der Waals surface area contributed by atoms with Crippen LogP contribution in [-0.2, 0) is 24.3 Å². The zero-order valence-electron chi connectivity index (χ0n) is 15.2. The van der Waals surface area contributed by atoms with Crippen LogP contribution in [0.15, 0.2) is 29.2 Å². The van der Waals surface area contributed by atoms with Crippen molar-refractivity contribution >= 4 is 16.0 Å². The number of nitrogens with zero attached hydrogens (tertiary/aromatic N) is 1. The number of ether oxygens (including phenoxy) is 3. The SMILES string of the molecule is O=C(OC1NCCC12CN(S(=O)(=O)c1ccc(OC(F)F)cc1)CCO2)C(F)(F)F. The molecule has 8 nitrogen and oxygen atoms in total. The van der Waals surface area contributed by atoms with E-state index in [1.807, 2.05) is 0 Å². The molecular weight excluding hydrogens is 443 g/mol. The summed E-state index contributed by atoms with van der Waals surface area (Å²) in [6.07, 6.45) is -6.60. The summed E-state index contributed by atoms with van der Waals surface area (Å²) in [7, 11) is -4.13. The van der Waals surface area contributed by atoms with Crippen LogP contribution < -0.4 is 10.1 Å². The summed E-state index contributed by atoms with van der Waals surface area (Å²) in [5.74, 6) is -2.65. The van der Waals surface area contributed by atoms with Gasteiger partial charge in [-0.2, -0.15) is 26.3 Å². The molecular formula is C16H17F5N2O6S. The molecule has 0 aliphatic carbocycles. The number of carbonyl (C=O) groups excluding carboxylic acids is 1. The van der Waals surface area contributed by atoms with Gasteiger partial charge < -0.3 is 14.2 Å². The van der Waals surface area contributed by atoms with Gasteiger partial charge in [-0.3, -0.25) is 5.32 Å². The van der Waals surface area contributed by atoms with Crippen molar-refractivity contribution in [2.75, 3.05) is 26.2 Å². The van der Waals surface area contributed by atoms with E-state index in [1.165, 1.54) is 0 Å². The maximum atomic E-state index is 12.9. The van der Waals surface area contributed by atoms with E-state index < -0.39 is 40.6 Å². The first-order valence-electron chi connectivity index (χ1n) is 8.64. The van der Waals surface area contributed by atoms with Crippen molar-refractivity contribution in [1.82, 2.24) is 9.62 Å². The van der Waals surface area contributed by atoms with Gasteiger partial charge in [0.25, 0.3) is 0 Å². The number of halogens is 5. The second-order valence-electron chi connectivity index (χ2n) is 6.59. The Kier molecular flexibility index (Phi) is 6.23. The average molecular weight is 460 g/mol. The van der Waals surface area contributed by atoms with Gasteiger partial charge in [0.15, 0.2) is 6.23 Å². The maximum absolute atomic E-state index is 12.9. The van der Waals surface area contributed by atoms with Crippen molar-refractivity contribution in [3.63, 3.8) is 0 Å². The Bertz CT molecular complexity index is 879. The Balaban J connectivity index is 1.78. The fourth-order valence-corrected chi connectivity index (χ4v) is 4.77. The number of alkyl halides is 5. The summed E-state index contributed by atoms with van der Waals surface area (Å²) in [6, 6.07) is 4.26. The monoisotopic (exact) mass is 460 g/mol. The van der Waals surface area contributed by atoms with Crippen LogP contribution in [0.1, 0.15) is 6.42 Å². The van der Waals surface area contributed by atoms with Gasteiger partial charge in [0, 0.05) is 19.6 Å². The Morgan fingerprint density at radius 1 is 1.27 bits per heavy atom. The molecule has 2 aliphatic heterocycles. The van der Waals surface area contributed by atoms with Crippen LogP contribution in [-0.4, -0.2) is 69.6 Å². The predicted octanol–water partition coefficient (Wildman–Crippen LogP) is 1.47. The molecule has 0 bridgehead atoms. The first-order valence-corrected chi connectivity index (χ1v) is 10.1. The van der Waals surface area contributed by atoms with Crippen molar-refractivity contribution in [3.05, 3.63) is 24.3 Å². The Morgan fingerprint density at radius 2 is 1.93 bits per heavy atom. The second-order valence-corrected chi connectivity index (χ2v) is 8.53. The summed E-state index contributed by atoms with van der Waals surface area (Å²) in [6.45, 7) is -3.54. The van der Waals surface area contributed by atoms with E-state index in [2.05, 4.69) is 14.8 Å². The van der Waals surface area contributed by atoms with Gasteiger partial charge in [-0.1, -0.05) is 0 Å². The van der Waals surface area contributed by atoms with E-state index in [-0.39, 0.29) is 43.3 Å². The number of carbonyl (C=O) groups is 1. The van der Waals surface area contributed by atoms with Crippen molar-refractivity contribution < 1.29 is 49.4 Å². The normalized spacial score (nSPS) is 25.6. The fraction of sp³-hybridized carbons (Fsp3) is 0.562. The number of hydrogen-bond donors (Lipinski definition) is 1. The van der Waals surface area contributed by atoms with Gasteiger partial charge in [0.05, 0.1) is 11.5 Å². The maximum Gasteiger partial charge on any atom is 0.490 e. The third-order valence-electron chi connectivity index (χ3n) is 4.67. The highest BCUT2D eigenvalue weighted by Gasteiger charge is 2.54. The number of benzene rings is 1. The van der Waals surface area contributed by atoms with Gasteiger partial charge >= 0.3 is 18.8 Å². The van der Waals surface area contributed by atoms with E-state index >= 15 is 0 Å². The van der Waals surface area contributed by atoms with E-state index in [0.717, 1.165) is 28.6 Å². The first kappa shape index (κ1) is 22.7. The Morgan fingerprint density at radius 3 is 2.53 bits per heavy atom. The third-order valence-corrected chi connectivity index (χ3v) is 6.53. The zero-order valence-corrected chi connectivity index (χ0v) is 16.0. The molecule has 1 N–H and O–H groups in total. The zero-order chi connectivity index (χ0) is 22.2. The Hall–Kier alpha value is -2.03. The van der Waals surface area contributed by atoms with Crippen LogP contribution >= 0.6 is 0 Å². The molecule has 30 heavy (non-hydrogen) atoms. The lowest BCUT2D eigenvalue weighted by molar-refractivity contribution is -0.222. The molecule has 1 aromatic rings. The molecule has 0 aromatic heterocycles. The van der Waals surface area contributed by atoms with Crippen LogP contribution in [0.3, 0.4) is 0 Å². The molecule has 168 valence electrons. The number of hydrogen-bond acceptors (Lipinski definition) is 7. The molecule has 2 heterocycles. The first-order chi connectivity index (χ1) is 13.9. The van der Waals surface area contributed by atoms with Gasteiger partial charge in [-0.15, -0.1) is 0 Å². The molecule has 2 fully saturated rings. The minimum Gasteiger partial charge on any atom is -0.437 e. The van der Waals surface area contributed by atoms with Gasteiger partial charge in [0.2, 0.25) is 10.0 Å². The highest BCUT2D eigenvalue weighted by Crippen LogP contribution is 2.34. The molecule has 14 heteroatoms. The molecule has 0 radical (unpaired) electrons. The third kappa shape index (κ3) is 4.66. The van der Waals surface area contributed by atoms with Crippen LogP contribution in [0.25, 0.3) is 0 Å².